The lowest BCUT2D eigenvalue weighted by Gasteiger charge is -2.22. The van der Waals surface area contributed by atoms with Crippen LogP contribution < -0.4 is 10.1 Å². The van der Waals surface area contributed by atoms with Gasteiger partial charge in [0.1, 0.15) is 17.7 Å². The normalized spacial score (nSPS) is 11.0. The standard InChI is InChI=1S/C20H24N4O2S.HI/c1-4-21-20(24(2)13-15-7-9-17(25-3)10-8-15)22-12-16-14-26-19(23-16)18-6-5-11-27-18;/h5-11,14H,4,12-13H2,1-3H3,(H,21,22);1H. The summed E-state index contributed by atoms with van der Waals surface area (Å²) >= 11 is 1.61. The van der Waals surface area contributed by atoms with Gasteiger partial charge in [0.05, 0.1) is 18.5 Å². The SMILES string of the molecule is CCNC(=NCc1coc(-c2cccs2)n1)N(C)Cc1ccc(OC)cc1.I. The highest BCUT2D eigenvalue weighted by Crippen LogP contribution is 2.23. The third-order valence-corrected chi connectivity index (χ3v) is 4.81. The molecule has 1 N–H and O–H groups in total. The first kappa shape index (κ1) is 22.2. The Morgan fingerprint density at radius 2 is 2.07 bits per heavy atom. The van der Waals surface area contributed by atoms with Gasteiger partial charge in [-0.1, -0.05) is 18.2 Å². The number of nitrogens with one attached hydrogen (secondary N) is 1. The fraction of sp³-hybridized carbons (Fsp3) is 0.300. The Morgan fingerprint density at radius 1 is 1.29 bits per heavy atom. The molecular formula is C20H25IN4O2S. The van der Waals surface area contributed by atoms with E-state index in [1.807, 2.05) is 36.7 Å². The minimum atomic E-state index is 0. The number of hydrogen-bond donors (Lipinski definition) is 1. The van der Waals surface area contributed by atoms with E-state index in [2.05, 4.69) is 34.3 Å². The molecule has 0 spiro atoms. The van der Waals surface area contributed by atoms with Crippen LogP contribution in [0.1, 0.15) is 18.2 Å². The smallest absolute Gasteiger partial charge is 0.236 e. The molecule has 0 unspecified atom stereocenters. The van der Waals surface area contributed by atoms with Crippen molar-refractivity contribution in [1.29, 1.82) is 0 Å². The van der Waals surface area contributed by atoms with Gasteiger partial charge in [-0.2, -0.15) is 0 Å². The lowest BCUT2D eigenvalue weighted by Crippen LogP contribution is -2.38. The average molecular weight is 512 g/mol. The molecule has 0 saturated carbocycles. The maximum Gasteiger partial charge on any atom is 0.236 e. The molecule has 0 aliphatic heterocycles. The molecule has 0 radical (unpaired) electrons. The zero-order valence-corrected chi connectivity index (χ0v) is 19.4. The van der Waals surface area contributed by atoms with Crippen molar-refractivity contribution in [3.05, 3.63) is 59.3 Å². The number of nitrogens with zero attached hydrogens (tertiary/aromatic N) is 3. The number of oxazole rings is 1. The highest BCUT2D eigenvalue weighted by Gasteiger charge is 2.10. The Kier molecular flexibility index (Phi) is 8.78. The van der Waals surface area contributed by atoms with E-state index in [1.165, 1.54) is 5.56 Å². The molecule has 2 aromatic heterocycles. The Morgan fingerprint density at radius 3 is 2.71 bits per heavy atom. The molecule has 3 aromatic rings. The van der Waals surface area contributed by atoms with Gasteiger partial charge in [0.15, 0.2) is 5.96 Å². The first-order valence-corrected chi connectivity index (χ1v) is 9.68. The second kappa shape index (κ2) is 11.1. The molecule has 0 bridgehead atoms. The predicted octanol–water partition coefficient (Wildman–Crippen LogP) is 4.63. The quantitative estimate of drug-likeness (QED) is 0.284. The van der Waals surface area contributed by atoms with E-state index in [1.54, 1.807) is 24.7 Å². The Bertz CT molecular complexity index is 863. The van der Waals surface area contributed by atoms with Crippen LogP contribution in [0.4, 0.5) is 0 Å². The summed E-state index contributed by atoms with van der Waals surface area (Å²) in [6.07, 6.45) is 1.67. The Balaban J connectivity index is 0.00000280. The van der Waals surface area contributed by atoms with Gasteiger partial charge >= 0.3 is 0 Å². The minimum Gasteiger partial charge on any atom is -0.497 e. The first-order valence-electron chi connectivity index (χ1n) is 8.80. The number of methoxy groups -OCH3 is 1. The van der Waals surface area contributed by atoms with Gasteiger partial charge < -0.3 is 19.4 Å². The zero-order valence-electron chi connectivity index (χ0n) is 16.2. The molecule has 8 heteroatoms. The summed E-state index contributed by atoms with van der Waals surface area (Å²) in [7, 11) is 3.69. The number of hydrogen-bond acceptors (Lipinski definition) is 5. The molecule has 0 saturated heterocycles. The molecule has 150 valence electrons. The molecule has 2 heterocycles. The van der Waals surface area contributed by atoms with E-state index >= 15 is 0 Å². The maximum atomic E-state index is 5.56. The second-order valence-electron chi connectivity index (χ2n) is 6.00. The van der Waals surface area contributed by atoms with Crippen molar-refractivity contribution in [2.45, 2.75) is 20.0 Å². The minimum absolute atomic E-state index is 0. The number of guanidine groups is 1. The molecule has 6 nitrogen and oxygen atoms in total. The molecule has 3 rings (SSSR count). The van der Waals surface area contributed by atoms with Crippen molar-refractivity contribution < 1.29 is 9.15 Å². The number of rotatable bonds is 7. The van der Waals surface area contributed by atoms with Crippen molar-refractivity contribution >= 4 is 41.3 Å². The van der Waals surface area contributed by atoms with E-state index in [9.17, 15) is 0 Å². The van der Waals surface area contributed by atoms with E-state index in [4.69, 9.17) is 14.1 Å². The third-order valence-electron chi connectivity index (χ3n) is 3.95. The monoisotopic (exact) mass is 512 g/mol. The van der Waals surface area contributed by atoms with Gasteiger partial charge in [0, 0.05) is 20.1 Å². The van der Waals surface area contributed by atoms with Gasteiger partial charge in [-0.05, 0) is 36.1 Å². The molecular weight excluding hydrogens is 487 g/mol. The number of ether oxygens (including phenoxy) is 1. The Hall–Kier alpha value is -2.07. The van der Waals surface area contributed by atoms with Gasteiger partial charge in [-0.25, -0.2) is 9.98 Å². The molecule has 0 atom stereocenters. The second-order valence-corrected chi connectivity index (χ2v) is 6.94. The van der Waals surface area contributed by atoms with Gasteiger partial charge in [-0.3, -0.25) is 0 Å². The van der Waals surface area contributed by atoms with Gasteiger partial charge in [0.2, 0.25) is 5.89 Å². The van der Waals surface area contributed by atoms with Crippen LogP contribution in [0.2, 0.25) is 0 Å². The van der Waals surface area contributed by atoms with Crippen molar-refractivity contribution in [3.8, 4) is 16.5 Å². The van der Waals surface area contributed by atoms with E-state index in [-0.39, 0.29) is 24.0 Å². The summed E-state index contributed by atoms with van der Waals surface area (Å²) in [4.78, 5) is 12.3. The topological polar surface area (TPSA) is 62.9 Å². The van der Waals surface area contributed by atoms with Crippen LogP contribution in [0.15, 0.2) is 57.5 Å². The molecule has 1 aromatic carbocycles. The molecule has 0 aliphatic carbocycles. The first-order chi connectivity index (χ1) is 13.2. The van der Waals surface area contributed by atoms with Gasteiger partial charge in [-0.15, -0.1) is 35.3 Å². The molecule has 0 fully saturated rings. The van der Waals surface area contributed by atoms with Crippen LogP contribution >= 0.6 is 35.3 Å². The van der Waals surface area contributed by atoms with Crippen molar-refractivity contribution in [2.24, 2.45) is 4.99 Å². The number of aliphatic imine (C=N–C) groups is 1. The summed E-state index contributed by atoms with van der Waals surface area (Å²) in [5.74, 6) is 2.33. The number of aromatic nitrogens is 1. The number of benzene rings is 1. The lowest BCUT2D eigenvalue weighted by molar-refractivity contribution is 0.414. The number of thiophene rings is 1. The fourth-order valence-corrected chi connectivity index (χ4v) is 3.25. The van der Waals surface area contributed by atoms with Crippen LogP contribution in [0.25, 0.3) is 10.8 Å². The lowest BCUT2D eigenvalue weighted by atomic mass is 10.2. The van der Waals surface area contributed by atoms with Crippen molar-refractivity contribution in [3.63, 3.8) is 0 Å². The average Bonchev–Trinajstić information content (AvgIpc) is 3.37. The highest BCUT2D eigenvalue weighted by atomic mass is 127. The molecule has 0 aliphatic rings. The van der Waals surface area contributed by atoms with E-state index < -0.39 is 0 Å². The molecule has 28 heavy (non-hydrogen) atoms. The maximum absolute atomic E-state index is 5.56. The van der Waals surface area contributed by atoms with Crippen LogP contribution in [-0.4, -0.2) is 36.5 Å². The summed E-state index contributed by atoms with van der Waals surface area (Å²) < 4.78 is 10.8. The summed E-state index contributed by atoms with van der Waals surface area (Å²) in [5, 5.41) is 5.33. The van der Waals surface area contributed by atoms with Crippen molar-refractivity contribution in [1.82, 2.24) is 15.2 Å². The fourth-order valence-electron chi connectivity index (χ4n) is 2.60. The van der Waals surface area contributed by atoms with Crippen LogP contribution in [-0.2, 0) is 13.1 Å². The summed E-state index contributed by atoms with van der Waals surface area (Å²) in [5.41, 5.74) is 2.00. The van der Waals surface area contributed by atoms with Crippen molar-refractivity contribution in [2.75, 3.05) is 20.7 Å². The van der Waals surface area contributed by atoms with E-state index in [0.717, 1.165) is 35.4 Å². The van der Waals surface area contributed by atoms with E-state index in [0.29, 0.717) is 12.4 Å². The zero-order chi connectivity index (χ0) is 19.1. The van der Waals surface area contributed by atoms with Gasteiger partial charge in [0.25, 0.3) is 0 Å². The predicted molar refractivity (Wildman–Crippen MR) is 125 cm³/mol. The van der Waals surface area contributed by atoms with Crippen LogP contribution in [0, 0.1) is 0 Å². The summed E-state index contributed by atoms with van der Waals surface area (Å²) in [6.45, 7) is 4.06. The van der Waals surface area contributed by atoms with Crippen LogP contribution in [0.5, 0.6) is 5.75 Å². The number of halogens is 1. The largest absolute Gasteiger partial charge is 0.497 e. The Labute approximate surface area is 186 Å². The third kappa shape index (κ3) is 5.96. The summed E-state index contributed by atoms with van der Waals surface area (Å²) in [6, 6.07) is 12.0. The highest BCUT2D eigenvalue weighted by molar-refractivity contribution is 14.0. The van der Waals surface area contributed by atoms with Crippen LogP contribution in [0.3, 0.4) is 0 Å². The molecule has 0 amide bonds.